The van der Waals surface area contributed by atoms with Gasteiger partial charge < -0.3 is 30.5 Å². The highest BCUT2D eigenvalue weighted by atomic mass is 16.6. The van der Waals surface area contributed by atoms with Crippen LogP contribution >= 0.6 is 0 Å². The monoisotopic (exact) mass is 555 g/mol. The number of alkyl carbamates (subject to hydrolysis) is 1. The summed E-state index contributed by atoms with van der Waals surface area (Å²) < 4.78 is 5.45. The highest BCUT2D eigenvalue weighted by Crippen LogP contribution is 2.26. The molecule has 2 unspecified atom stereocenters. The number of carbonyl (C=O) groups excluding carboxylic acids is 3. The van der Waals surface area contributed by atoms with Gasteiger partial charge in [0.1, 0.15) is 29.2 Å². The second-order valence-electron chi connectivity index (χ2n) is 10.9. The minimum absolute atomic E-state index is 0.0501. The molecular formula is C31H45N3O6. The van der Waals surface area contributed by atoms with Gasteiger partial charge in [-0.3, -0.25) is 9.59 Å². The van der Waals surface area contributed by atoms with E-state index >= 15 is 0 Å². The van der Waals surface area contributed by atoms with Gasteiger partial charge in [-0.15, -0.1) is 0 Å². The lowest BCUT2D eigenvalue weighted by atomic mass is 9.99. The lowest BCUT2D eigenvalue weighted by molar-refractivity contribution is -0.142. The predicted octanol–water partition coefficient (Wildman–Crippen LogP) is 5.21. The summed E-state index contributed by atoms with van der Waals surface area (Å²) in [7, 11) is 0. The molecule has 0 fully saturated rings. The molecule has 4 N–H and O–H groups in total. The normalized spacial score (nSPS) is 12.7. The third kappa shape index (κ3) is 10.8. The van der Waals surface area contributed by atoms with Crippen molar-refractivity contribution >= 4 is 17.9 Å². The molecule has 0 bridgehead atoms. The van der Waals surface area contributed by atoms with Gasteiger partial charge in [0.25, 0.3) is 0 Å². The van der Waals surface area contributed by atoms with E-state index in [0.717, 1.165) is 25.7 Å². The van der Waals surface area contributed by atoms with Crippen LogP contribution in [0.2, 0.25) is 0 Å². The molecule has 0 saturated heterocycles. The van der Waals surface area contributed by atoms with Crippen LogP contribution in [0.15, 0.2) is 48.5 Å². The van der Waals surface area contributed by atoms with E-state index in [0.29, 0.717) is 24.1 Å². The van der Waals surface area contributed by atoms with Crippen LogP contribution in [0.5, 0.6) is 11.5 Å². The first-order valence-corrected chi connectivity index (χ1v) is 14.1. The Labute approximate surface area is 237 Å². The van der Waals surface area contributed by atoms with Crippen LogP contribution in [0.4, 0.5) is 4.79 Å². The Morgan fingerprint density at radius 3 is 2.00 bits per heavy atom. The number of rotatable bonds is 14. The summed E-state index contributed by atoms with van der Waals surface area (Å²) in [6.45, 7) is 10.0. The van der Waals surface area contributed by atoms with E-state index in [9.17, 15) is 24.6 Å². The SMILES string of the molecule is CCCCCNC(=O)C(c1ccc(O)cc1)N(CCCC)C(=O)C(Cc1ccc(O)cc1)NC(=O)OC(C)(C)C. The predicted molar refractivity (Wildman–Crippen MR) is 155 cm³/mol. The third-order valence-electron chi connectivity index (χ3n) is 6.25. The molecule has 0 heterocycles. The fraction of sp³-hybridized carbons (Fsp3) is 0.516. The number of phenols is 2. The quantitative estimate of drug-likeness (QED) is 0.237. The Morgan fingerprint density at radius 2 is 1.45 bits per heavy atom. The van der Waals surface area contributed by atoms with E-state index < -0.39 is 29.7 Å². The number of hydrogen-bond acceptors (Lipinski definition) is 6. The van der Waals surface area contributed by atoms with E-state index in [-0.39, 0.29) is 30.4 Å². The van der Waals surface area contributed by atoms with Crippen molar-refractivity contribution in [3.63, 3.8) is 0 Å². The van der Waals surface area contributed by atoms with Gasteiger partial charge in [-0.25, -0.2) is 4.79 Å². The van der Waals surface area contributed by atoms with E-state index in [2.05, 4.69) is 17.6 Å². The number of phenolic OH excluding ortho intramolecular Hbond substituents is 2. The van der Waals surface area contributed by atoms with Crippen molar-refractivity contribution < 1.29 is 29.3 Å². The molecule has 2 rings (SSSR count). The number of nitrogens with zero attached hydrogens (tertiary/aromatic N) is 1. The van der Waals surface area contributed by atoms with Crippen LogP contribution in [-0.4, -0.2) is 57.8 Å². The van der Waals surface area contributed by atoms with Crippen molar-refractivity contribution in [2.75, 3.05) is 13.1 Å². The van der Waals surface area contributed by atoms with Crippen LogP contribution < -0.4 is 10.6 Å². The molecule has 2 aromatic carbocycles. The minimum Gasteiger partial charge on any atom is -0.508 e. The summed E-state index contributed by atoms with van der Waals surface area (Å²) in [4.78, 5) is 42.2. The molecule has 2 aromatic rings. The second kappa shape index (κ2) is 15.7. The third-order valence-corrected chi connectivity index (χ3v) is 6.25. The van der Waals surface area contributed by atoms with Crippen LogP contribution in [0.1, 0.15) is 83.9 Å². The summed E-state index contributed by atoms with van der Waals surface area (Å²) in [5, 5.41) is 25.3. The molecule has 0 aliphatic heterocycles. The molecule has 0 saturated carbocycles. The zero-order valence-electron chi connectivity index (χ0n) is 24.4. The maximum Gasteiger partial charge on any atom is 0.408 e. The van der Waals surface area contributed by atoms with E-state index in [1.165, 1.54) is 29.2 Å². The van der Waals surface area contributed by atoms with Gasteiger partial charge in [0.2, 0.25) is 11.8 Å². The summed E-state index contributed by atoms with van der Waals surface area (Å²) in [6, 6.07) is 10.6. The highest BCUT2D eigenvalue weighted by Gasteiger charge is 2.36. The topological polar surface area (TPSA) is 128 Å². The molecule has 40 heavy (non-hydrogen) atoms. The van der Waals surface area contributed by atoms with Crippen molar-refractivity contribution in [1.29, 1.82) is 0 Å². The van der Waals surface area contributed by atoms with Crippen LogP contribution in [0, 0.1) is 0 Å². The molecule has 0 aliphatic carbocycles. The number of aromatic hydroxyl groups is 2. The van der Waals surface area contributed by atoms with E-state index in [4.69, 9.17) is 4.74 Å². The van der Waals surface area contributed by atoms with Gasteiger partial charge in [-0.05, 0) is 69.0 Å². The number of ether oxygens (including phenoxy) is 1. The molecule has 9 heteroatoms. The Hall–Kier alpha value is -3.75. The fourth-order valence-corrected chi connectivity index (χ4v) is 4.23. The molecule has 0 aromatic heterocycles. The molecule has 0 radical (unpaired) electrons. The van der Waals surface area contributed by atoms with Crippen LogP contribution in [0.3, 0.4) is 0 Å². The number of hydrogen-bond donors (Lipinski definition) is 4. The Morgan fingerprint density at radius 1 is 0.875 bits per heavy atom. The van der Waals surface area contributed by atoms with Gasteiger partial charge in [0, 0.05) is 19.5 Å². The lowest BCUT2D eigenvalue weighted by Crippen LogP contribution is -2.54. The summed E-state index contributed by atoms with van der Waals surface area (Å²) in [6.07, 6.45) is 3.60. The molecule has 220 valence electrons. The number of nitrogens with one attached hydrogen (secondary N) is 2. The number of benzene rings is 2. The Kier molecular flexibility index (Phi) is 12.8. The van der Waals surface area contributed by atoms with Crippen molar-refractivity contribution in [3.05, 3.63) is 59.7 Å². The van der Waals surface area contributed by atoms with E-state index in [1.807, 2.05) is 6.92 Å². The Balaban J connectivity index is 2.49. The average Bonchev–Trinajstić information content (AvgIpc) is 2.89. The van der Waals surface area contributed by atoms with Crippen molar-refractivity contribution in [2.45, 2.75) is 90.8 Å². The average molecular weight is 556 g/mol. The maximum absolute atomic E-state index is 14.3. The summed E-state index contributed by atoms with van der Waals surface area (Å²) in [5.41, 5.74) is 0.495. The molecular weight excluding hydrogens is 510 g/mol. The van der Waals surface area contributed by atoms with Crippen molar-refractivity contribution in [3.8, 4) is 11.5 Å². The van der Waals surface area contributed by atoms with E-state index in [1.54, 1.807) is 45.0 Å². The van der Waals surface area contributed by atoms with Gasteiger partial charge in [0.05, 0.1) is 0 Å². The van der Waals surface area contributed by atoms with Crippen LogP contribution in [-0.2, 0) is 20.7 Å². The number of unbranched alkanes of at least 4 members (excludes halogenated alkanes) is 3. The maximum atomic E-state index is 14.3. The first-order chi connectivity index (χ1) is 18.9. The second-order valence-corrected chi connectivity index (χ2v) is 10.9. The molecule has 3 amide bonds. The Bertz CT molecular complexity index is 1080. The zero-order chi connectivity index (χ0) is 29.7. The van der Waals surface area contributed by atoms with Crippen molar-refractivity contribution in [2.24, 2.45) is 0 Å². The van der Waals surface area contributed by atoms with Gasteiger partial charge in [0.15, 0.2) is 0 Å². The highest BCUT2D eigenvalue weighted by molar-refractivity contribution is 5.92. The van der Waals surface area contributed by atoms with Crippen LogP contribution in [0.25, 0.3) is 0 Å². The minimum atomic E-state index is -1.04. The first kappa shape index (κ1) is 32.5. The zero-order valence-corrected chi connectivity index (χ0v) is 24.4. The molecule has 0 spiro atoms. The van der Waals surface area contributed by atoms with Gasteiger partial charge in [-0.1, -0.05) is 57.4 Å². The number of amides is 3. The molecule has 9 nitrogen and oxygen atoms in total. The summed E-state index contributed by atoms with van der Waals surface area (Å²) in [5.74, 6) is -0.626. The first-order valence-electron chi connectivity index (χ1n) is 14.1. The largest absolute Gasteiger partial charge is 0.508 e. The van der Waals surface area contributed by atoms with Gasteiger partial charge in [-0.2, -0.15) is 0 Å². The smallest absolute Gasteiger partial charge is 0.408 e. The lowest BCUT2D eigenvalue weighted by Gasteiger charge is -2.34. The van der Waals surface area contributed by atoms with Crippen molar-refractivity contribution in [1.82, 2.24) is 15.5 Å². The summed E-state index contributed by atoms with van der Waals surface area (Å²) >= 11 is 0. The standard InChI is InChI=1S/C31H45N3O6/c1-6-8-10-19-32-28(37)27(23-13-17-25(36)18-14-23)34(20-9-7-2)29(38)26(33-30(39)40-31(3,4)5)21-22-11-15-24(35)16-12-22/h11-18,26-27,35-36H,6-10,19-21H2,1-5H3,(H,32,37)(H,33,39). The number of carbonyl (C=O) groups is 3. The van der Waals surface area contributed by atoms with Gasteiger partial charge >= 0.3 is 6.09 Å². The fourth-order valence-electron chi connectivity index (χ4n) is 4.23. The molecule has 2 atom stereocenters. The molecule has 0 aliphatic rings.